The second kappa shape index (κ2) is 7.74. The minimum absolute atomic E-state index is 0.0810. The van der Waals surface area contributed by atoms with Gasteiger partial charge in [0.2, 0.25) is 0 Å². The average molecular weight is 369 g/mol. The highest BCUT2D eigenvalue weighted by molar-refractivity contribution is 7.14. The third-order valence-corrected chi connectivity index (χ3v) is 5.46. The highest BCUT2D eigenvalue weighted by atomic mass is 32.1. The van der Waals surface area contributed by atoms with Crippen molar-refractivity contribution in [2.45, 2.75) is 26.8 Å². The molecule has 0 fully saturated rings. The number of thiophene rings is 1. The Kier molecular flexibility index (Phi) is 5.42. The molecule has 0 aliphatic heterocycles. The number of benzene rings is 1. The van der Waals surface area contributed by atoms with Gasteiger partial charge in [-0.3, -0.25) is 4.79 Å². The van der Waals surface area contributed by atoms with E-state index in [1.165, 1.54) is 21.8 Å². The van der Waals surface area contributed by atoms with E-state index >= 15 is 0 Å². The van der Waals surface area contributed by atoms with Gasteiger partial charge in [-0.1, -0.05) is 19.1 Å². The van der Waals surface area contributed by atoms with Crippen molar-refractivity contribution in [3.8, 4) is 0 Å². The lowest BCUT2D eigenvalue weighted by Crippen LogP contribution is -2.15. The normalized spacial score (nSPS) is 10.8. The number of aromatic nitrogens is 2. The minimum Gasteiger partial charge on any atom is -0.378 e. The summed E-state index contributed by atoms with van der Waals surface area (Å²) < 4.78 is 1.81. The molecule has 26 heavy (non-hydrogen) atoms. The van der Waals surface area contributed by atoms with Crippen molar-refractivity contribution in [1.82, 2.24) is 9.78 Å². The van der Waals surface area contributed by atoms with Crippen LogP contribution in [-0.4, -0.2) is 29.8 Å². The SMILES string of the molecule is CCc1cc(C(=O)Nc2ccnn2Cc2ccc(N(C)C)cc2)sc1C. The maximum absolute atomic E-state index is 12.6. The van der Waals surface area contributed by atoms with Crippen LogP contribution in [0.25, 0.3) is 0 Å². The van der Waals surface area contributed by atoms with Crippen molar-refractivity contribution in [1.29, 1.82) is 0 Å². The third kappa shape index (κ3) is 3.96. The third-order valence-electron chi connectivity index (χ3n) is 4.37. The summed E-state index contributed by atoms with van der Waals surface area (Å²) in [5.74, 6) is 0.623. The molecule has 1 N–H and O–H groups in total. The van der Waals surface area contributed by atoms with Crippen molar-refractivity contribution in [3.63, 3.8) is 0 Å². The Balaban J connectivity index is 1.72. The fourth-order valence-corrected chi connectivity index (χ4v) is 3.81. The maximum atomic E-state index is 12.6. The van der Waals surface area contributed by atoms with Gasteiger partial charge in [0.05, 0.1) is 17.6 Å². The molecule has 3 aromatic rings. The molecule has 0 bridgehead atoms. The first kappa shape index (κ1) is 18.2. The Morgan fingerprint density at radius 2 is 1.96 bits per heavy atom. The lowest BCUT2D eigenvalue weighted by molar-refractivity contribution is 0.102. The Morgan fingerprint density at radius 3 is 2.58 bits per heavy atom. The molecule has 5 nitrogen and oxygen atoms in total. The van der Waals surface area contributed by atoms with Crippen molar-refractivity contribution in [2.24, 2.45) is 0 Å². The first-order chi connectivity index (χ1) is 12.5. The van der Waals surface area contributed by atoms with Gasteiger partial charge in [-0.2, -0.15) is 5.10 Å². The van der Waals surface area contributed by atoms with Crippen LogP contribution in [0.4, 0.5) is 11.5 Å². The monoisotopic (exact) mass is 368 g/mol. The molecule has 0 saturated carbocycles. The van der Waals surface area contributed by atoms with Crippen LogP contribution >= 0.6 is 11.3 Å². The summed E-state index contributed by atoms with van der Waals surface area (Å²) in [6.07, 6.45) is 2.65. The van der Waals surface area contributed by atoms with Gasteiger partial charge < -0.3 is 10.2 Å². The number of hydrogen-bond acceptors (Lipinski definition) is 4. The van der Waals surface area contributed by atoms with Crippen LogP contribution in [-0.2, 0) is 13.0 Å². The van der Waals surface area contributed by atoms with E-state index in [0.29, 0.717) is 12.4 Å². The first-order valence-corrected chi connectivity index (χ1v) is 9.48. The fraction of sp³-hybridized carbons (Fsp3) is 0.300. The topological polar surface area (TPSA) is 50.2 Å². The molecule has 0 unspecified atom stereocenters. The molecule has 1 aromatic carbocycles. The molecule has 0 atom stereocenters. The number of nitrogens with zero attached hydrogens (tertiary/aromatic N) is 3. The standard InChI is InChI=1S/C20H24N4OS/c1-5-16-12-18(26-14(16)2)20(25)22-19-10-11-21-24(19)13-15-6-8-17(9-7-15)23(3)4/h6-12H,5,13H2,1-4H3,(H,22,25). The van der Waals surface area contributed by atoms with Crippen LogP contribution in [0.5, 0.6) is 0 Å². The molecule has 2 heterocycles. The van der Waals surface area contributed by atoms with Gasteiger partial charge in [0.15, 0.2) is 0 Å². The summed E-state index contributed by atoms with van der Waals surface area (Å²) in [6, 6.07) is 12.1. The predicted molar refractivity (Wildman–Crippen MR) is 108 cm³/mol. The maximum Gasteiger partial charge on any atom is 0.266 e. The largest absolute Gasteiger partial charge is 0.378 e. The second-order valence-electron chi connectivity index (χ2n) is 6.43. The van der Waals surface area contributed by atoms with Crippen molar-refractivity contribution >= 4 is 28.7 Å². The summed E-state index contributed by atoms with van der Waals surface area (Å²) in [4.78, 5) is 16.6. The van der Waals surface area contributed by atoms with E-state index in [0.717, 1.165) is 22.5 Å². The van der Waals surface area contributed by atoms with Crippen LogP contribution in [0.1, 0.15) is 32.6 Å². The van der Waals surface area contributed by atoms with E-state index in [1.807, 2.05) is 30.9 Å². The van der Waals surface area contributed by atoms with Crippen LogP contribution in [0.15, 0.2) is 42.6 Å². The van der Waals surface area contributed by atoms with E-state index in [-0.39, 0.29) is 5.91 Å². The zero-order valence-corrected chi connectivity index (χ0v) is 16.4. The molecule has 0 aliphatic rings. The summed E-state index contributed by atoms with van der Waals surface area (Å²) in [7, 11) is 4.04. The highest BCUT2D eigenvalue weighted by Crippen LogP contribution is 2.23. The molecule has 2 aromatic heterocycles. The van der Waals surface area contributed by atoms with E-state index in [9.17, 15) is 4.79 Å². The Morgan fingerprint density at radius 1 is 1.23 bits per heavy atom. The molecular formula is C20H24N4OS. The van der Waals surface area contributed by atoms with Crippen LogP contribution in [0.2, 0.25) is 0 Å². The van der Waals surface area contributed by atoms with Crippen LogP contribution < -0.4 is 10.2 Å². The van der Waals surface area contributed by atoms with Crippen molar-refractivity contribution in [2.75, 3.05) is 24.3 Å². The van der Waals surface area contributed by atoms with Gasteiger partial charge in [-0.05, 0) is 42.7 Å². The Bertz CT molecular complexity index is 893. The van der Waals surface area contributed by atoms with Gasteiger partial charge in [-0.15, -0.1) is 11.3 Å². The molecule has 6 heteroatoms. The van der Waals surface area contributed by atoms with Gasteiger partial charge in [0.1, 0.15) is 5.82 Å². The lowest BCUT2D eigenvalue weighted by Gasteiger charge is -2.13. The molecule has 3 rings (SSSR count). The van der Waals surface area contributed by atoms with E-state index in [2.05, 4.69) is 53.4 Å². The summed E-state index contributed by atoms with van der Waals surface area (Å²) in [5, 5.41) is 7.33. The number of nitrogens with one attached hydrogen (secondary N) is 1. The van der Waals surface area contributed by atoms with Gasteiger partial charge in [0, 0.05) is 30.7 Å². The number of anilines is 2. The Hall–Kier alpha value is -2.60. The predicted octanol–water partition coefficient (Wildman–Crippen LogP) is 4.18. The molecule has 0 spiro atoms. The van der Waals surface area contributed by atoms with Crippen LogP contribution in [0.3, 0.4) is 0 Å². The molecule has 136 valence electrons. The van der Waals surface area contributed by atoms with Gasteiger partial charge in [0.25, 0.3) is 5.91 Å². The van der Waals surface area contributed by atoms with E-state index in [4.69, 9.17) is 0 Å². The number of rotatable bonds is 6. The summed E-state index contributed by atoms with van der Waals surface area (Å²) in [6.45, 7) is 4.77. The molecule has 0 radical (unpaired) electrons. The van der Waals surface area contributed by atoms with Gasteiger partial charge >= 0.3 is 0 Å². The smallest absolute Gasteiger partial charge is 0.266 e. The molecule has 0 saturated heterocycles. The molecule has 0 aliphatic carbocycles. The quantitative estimate of drug-likeness (QED) is 0.710. The number of carbonyl (C=O) groups is 1. The number of hydrogen-bond donors (Lipinski definition) is 1. The zero-order valence-electron chi connectivity index (χ0n) is 15.6. The summed E-state index contributed by atoms with van der Waals surface area (Å²) >= 11 is 1.54. The number of amides is 1. The lowest BCUT2D eigenvalue weighted by atomic mass is 10.2. The Labute approximate surface area is 158 Å². The minimum atomic E-state index is -0.0810. The summed E-state index contributed by atoms with van der Waals surface area (Å²) in [5.41, 5.74) is 3.52. The molecule has 1 amide bonds. The average Bonchev–Trinajstić information content (AvgIpc) is 3.21. The van der Waals surface area contributed by atoms with Crippen molar-refractivity contribution in [3.05, 3.63) is 63.5 Å². The van der Waals surface area contributed by atoms with Crippen molar-refractivity contribution < 1.29 is 4.79 Å². The second-order valence-corrected chi connectivity index (χ2v) is 7.69. The first-order valence-electron chi connectivity index (χ1n) is 8.66. The van der Waals surface area contributed by atoms with Gasteiger partial charge in [-0.25, -0.2) is 4.68 Å². The van der Waals surface area contributed by atoms with Crippen LogP contribution in [0, 0.1) is 6.92 Å². The molecular weight excluding hydrogens is 344 g/mol. The zero-order chi connectivity index (χ0) is 18.7. The highest BCUT2D eigenvalue weighted by Gasteiger charge is 2.14. The van der Waals surface area contributed by atoms with E-state index < -0.39 is 0 Å². The van der Waals surface area contributed by atoms with E-state index in [1.54, 1.807) is 6.20 Å². The number of aryl methyl sites for hydroxylation is 2. The fourth-order valence-electron chi connectivity index (χ4n) is 2.80. The number of carbonyl (C=O) groups excluding carboxylic acids is 1.